The van der Waals surface area contributed by atoms with E-state index in [1.165, 1.54) is 16.8 Å². The van der Waals surface area contributed by atoms with Crippen LogP contribution in [-0.2, 0) is 0 Å². The molecule has 1 fully saturated rings. The molecule has 1 aliphatic heterocycles. The van der Waals surface area contributed by atoms with Crippen LogP contribution in [0.15, 0.2) is 91.0 Å². The smallest absolute Gasteiger partial charge is 0.0639 e. The first-order valence-corrected chi connectivity index (χ1v) is 9.60. The lowest BCUT2D eigenvalue weighted by molar-refractivity contribution is 0.582. The third kappa shape index (κ3) is 3.07. The molecule has 0 bridgehead atoms. The van der Waals surface area contributed by atoms with Gasteiger partial charge >= 0.3 is 0 Å². The van der Waals surface area contributed by atoms with Crippen LogP contribution in [0.3, 0.4) is 0 Å². The molecule has 2 heteroatoms. The Morgan fingerprint density at radius 3 is 1.46 bits per heavy atom. The van der Waals surface area contributed by atoms with Crippen LogP contribution in [0.1, 0.15) is 23.2 Å². The minimum atomic E-state index is 0.401. The molecule has 0 unspecified atom stereocenters. The van der Waals surface area contributed by atoms with Gasteiger partial charge in [0.15, 0.2) is 0 Å². The molecule has 1 nitrogen and oxygen atoms in total. The molecule has 1 aliphatic rings. The van der Waals surface area contributed by atoms with E-state index in [4.69, 9.17) is 0 Å². The van der Waals surface area contributed by atoms with Crippen molar-refractivity contribution in [2.24, 2.45) is 0 Å². The van der Waals surface area contributed by atoms with Gasteiger partial charge in [-0.1, -0.05) is 78.9 Å². The average Bonchev–Trinajstić information content (AvgIpc) is 2.69. The van der Waals surface area contributed by atoms with Crippen LogP contribution >= 0.6 is 11.8 Å². The predicted molar refractivity (Wildman–Crippen MR) is 105 cm³/mol. The SMILES string of the molecule is c1ccc([C@H]2CSC[C@H](c3ccccc3)N2c2ccccc2)cc1. The van der Waals surface area contributed by atoms with Gasteiger partial charge < -0.3 is 4.90 Å². The van der Waals surface area contributed by atoms with Gasteiger partial charge in [0, 0.05) is 17.2 Å². The summed E-state index contributed by atoms with van der Waals surface area (Å²) in [5.74, 6) is 2.25. The third-order valence-electron chi connectivity index (χ3n) is 4.65. The van der Waals surface area contributed by atoms with E-state index in [-0.39, 0.29) is 0 Å². The van der Waals surface area contributed by atoms with Gasteiger partial charge in [0.1, 0.15) is 0 Å². The second-order valence-electron chi connectivity index (χ2n) is 6.13. The molecule has 0 amide bonds. The van der Waals surface area contributed by atoms with Crippen molar-refractivity contribution < 1.29 is 0 Å². The van der Waals surface area contributed by atoms with E-state index < -0.39 is 0 Å². The van der Waals surface area contributed by atoms with Gasteiger partial charge in [-0.2, -0.15) is 11.8 Å². The minimum absolute atomic E-state index is 0.401. The molecule has 24 heavy (non-hydrogen) atoms. The lowest BCUT2D eigenvalue weighted by atomic mass is 9.99. The van der Waals surface area contributed by atoms with Crippen LogP contribution in [-0.4, -0.2) is 11.5 Å². The molecule has 0 radical (unpaired) electrons. The first kappa shape index (κ1) is 15.3. The summed E-state index contributed by atoms with van der Waals surface area (Å²) < 4.78 is 0. The van der Waals surface area contributed by atoms with Gasteiger partial charge in [0.05, 0.1) is 12.1 Å². The number of hydrogen-bond donors (Lipinski definition) is 0. The molecule has 2 atom stereocenters. The fraction of sp³-hybridized carbons (Fsp3) is 0.182. The van der Waals surface area contributed by atoms with E-state index in [2.05, 4.69) is 108 Å². The Hall–Kier alpha value is -2.19. The Morgan fingerprint density at radius 1 is 0.583 bits per heavy atom. The van der Waals surface area contributed by atoms with Crippen LogP contribution in [0.4, 0.5) is 5.69 Å². The van der Waals surface area contributed by atoms with Crippen molar-refractivity contribution in [2.45, 2.75) is 12.1 Å². The van der Waals surface area contributed by atoms with Gasteiger partial charge in [0.25, 0.3) is 0 Å². The summed E-state index contributed by atoms with van der Waals surface area (Å²) in [6, 6.07) is 33.5. The molecule has 4 rings (SSSR count). The highest BCUT2D eigenvalue weighted by atomic mass is 32.2. The summed E-state index contributed by atoms with van der Waals surface area (Å²) in [5.41, 5.74) is 4.10. The molecule has 3 aromatic carbocycles. The normalized spacial score (nSPS) is 20.8. The fourth-order valence-corrected chi connectivity index (χ4v) is 4.78. The summed E-state index contributed by atoms with van der Waals surface area (Å²) >= 11 is 2.06. The number of rotatable bonds is 3. The highest BCUT2D eigenvalue weighted by Gasteiger charge is 2.32. The molecular formula is C22H21NS. The number of para-hydroxylation sites is 1. The number of benzene rings is 3. The van der Waals surface area contributed by atoms with Crippen LogP contribution in [0, 0.1) is 0 Å². The molecule has 0 spiro atoms. The zero-order chi connectivity index (χ0) is 16.2. The molecule has 3 aromatic rings. The molecule has 0 aromatic heterocycles. The van der Waals surface area contributed by atoms with Crippen molar-refractivity contribution in [3.8, 4) is 0 Å². The van der Waals surface area contributed by atoms with Crippen LogP contribution in [0.2, 0.25) is 0 Å². The first-order valence-electron chi connectivity index (χ1n) is 8.44. The molecular weight excluding hydrogens is 310 g/mol. The zero-order valence-electron chi connectivity index (χ0n) is 13.6. The molecule has 120 valence electrons. The van der Waals surface area contributed by atoms with E-state index in [1.807, 2.05) is 0 Å². The second-order valence-corrected chi connectivity index (χ2v) is 7.21. The minimum Gasteiger partial charge on any atom is -0.356 e. The van der Waals surface area contributed by atoms with Crippen LogP contribution < -0.4 is 4.90 Å². The molecule has 0 aliphatic carbocycles. The van der Waals surface area contributed by atoms with Gasteiger partial charge in [-0.25, -0.2) is 0 Å². The van der Waals surface area contributed by atoms with E-state index in [0.29, 0.717) is 12.1 Å². The second kappa shape index (κ2) is 7.14. The summed E-state index contributed by atoms with van der Waals surface area (Å²) in [7, 11) is 0. The van der Waals surface area contributed by atoms with E-state index >= 15 is 0 Å². The molecule has 1 saturated heterocycles. The fourth-order valence-electron chi connectivity index (χ4n) is 3.49. The van der Waals surface area contributed by atoms with Gasteiger partial charge in [-0.15, -0.1) is 0 Å². The highest BCUT2D eigenvalue weighted by molar-refractivity contribution is 7.99. The number of hydrogen-bond acceptors (Lipinski definition) is 2. The van der Waals surface area contributed by atoms with E-state index in [0.717, 1.165) is 11.5 Å². The van der Waals surface area contributed by atoms with Crippen LogP contribution in [0.5, 0.6) is 0 Å². The van der Waals surface area contributed by atoms with Crippen molar-refractivity contribution in [3.05, 3.63) is 102 Å². The Morgan fingerprint density at radius 2 is 1.00 bits per heavy atom. The lowest BCUT2D eigenvalue weighted by Crippen LogP contribution is -2.39. The highest BCUT2D eigenvalue weighted by Crippen LogP contribution is 2.43. The quantitative estimate of drug-likeness (QED) is 0.603. The molecule has 1 heterocycles. The Kier molecular flexibility index (Phi) is 4.57. The third-order valence-corrected chi connectivity index (χ3v) is 5.75. The summed E-state index contributed by atoms with van der Waals surface area (Å²) in [5, 5.41) is 0. The van der Waals surface area contributed by atoms with E-state index in [1.54, 1.807) is 0 Å². The van der Waals surface area contributed by atoms with Crippen molar-refractivity contribution in [3.63, 3.8) is 0 Å². The average molecular weight is 331 g/mol. The summed E-state index contributed by atoms with van der Waals surface area (Å²) in [6.07, 6.45) is 0. The maximum Gasteiger partial charge on any atom is 0.0639 e. The lowest BCUT2D eigenvalue weighted by Gasteiger charge is -2.44. The Labute approximate surface area is 148 Å². The largest absolute Gasteiger partial charge is 0.356 e. The van der Waals surface area contributed by atoms with Crippen molar-refractivity contribution in [1.29, 1.82) is 0 Å². The van der Waals surface area contributed by atoms with E-state index in [9.17, 15) is 0 Å². The first-order chi connectivity index (χ1) is 11.9. The summed E-state index contributed by atoms with van der Waals surface area (Å²) in [4.78, 5) is 2.61. The number of nitrogens with zero attached hydrogens (tertiary/aromatic N) is 1. The maximum absolute atomic E-state index is 2.61. The maximum atomic E-state index is 2.61. The Balaban J connectivity index is 1.79. The van der Waals surface area contributed by atoms with Gasteiger partial charge in [-0.3, -0.25) is 0 Å². The standard InChI is InChI=1S/C22H21NS/c1-4-10-18(11-5-1)21-16-24-17-22(19-12-6-2-7-13-19)23(21)20-14-8-3-9-15-20/h1-15,21-22H,16-17H2/t21-,22-/m1/s1. The topological polar surface area (TPSA) is 3.24 Å². The van der Waals surface area contributed by atoms with Gasteiger partial charge in [0.2, 0.25) is 0 Å². The van der Waals surface area contributed by atoms with Gasteiger partial charge in [-0.05, 0) is 23.3 Å². The number of anilines is 1. The predicted octanol–water partition coefficient (Wildman–Crippen LogP) is 5.72. The zero-order valence-corrected chi connectivity index (χ0v) is 14.4. The monoisotopic (exact) mass is 331 g/mol. The number of thioether (sulfide) groups is 1. The van der Waals surface area contributed by atoms with Crippen LogP contribution in [0.25, 0.3) is 0 Å². The van der Waals surface area contributed by atoms with Crippen molar-refractivity contribution in [1.82, 2.24) is 0 Å². The molecule has 0 saturated carbocycles. The van der Waals surface area contributed by atoms with Crippen molar-refractivity contribution in [2.75, 3.05) is 16.4 Å². The van der Waals surface area contributed by atoms with Crippen molar-refractivity contribution >= 4 is 17.4 Å². The Bertz CT molecular complexity index is 710. The molecule has 0 N–H and O–H groups in total. The summed E-state index contributed by atoms with van der Waals surface area (Å²) in [6.45, 7) is 0.